The van der Waals surface area contributed by atoms with Gasteiger partial charge in [-0.05, 0) is 68.0 Å². The third-order valence-electron chi connectivity index (χ3n) is 4.73. The van der Waals surface area contributed by atoms with Gasteiger partial charge in [-0.25, -0.2) is 13.1 Å². The summed E-state index contributed by atoms with van der Waals surface area (Å²) < 4.78 is 32.1. The fourth-order valence-corrected chi connectivity index (χ4v) is 4.12. The predicted molar refractivity (Wildman–Crippen MR) is 110 cm³/mol. The van der Waals surface area contributed by atoms with Crippen LogP contribution in [0.25, 0.3) is 0 Å². The Morgan fingerprint density at radius 1 is 1.14 bits per heavy atom. The molecule has 2 aromatic rings. The van der Waals surface area contributed by atoms with Gasteiger partial charge in [0, 0.05) is 18.9 Å². The number of methoxy groups -OCH3 is 1. The molecule has 0 saturated carbocycles. The van der Waals surface area contributed by atoms with E-state index in [1.54, 1.807) is 24.5 Å². The molecule has 0 saturated heterocycles. The highest BCUT2D eigenvalue weighted by Crippen LogP contribution is 2.18. The number of rotatable bonds is 13. The molecule has 1 heterocycles. The number of ether oxygens (including phenoxy) is 1. The first-order valence-corrected chi connectivity index (χ1v) is 11.2. The van der Waals surface area contributed by atoms with Gasteiger partial charge in [0.2, 0.25) is 10.0 Å². The molecule has 7 nitrogen and oxygen atoms in total. The summed E-state index contributed by atoms with van der Waals surface area (Å²) in [5.74, 6) is -0.618. The molecule has 1 atom stereocenters. The number of sulfonamides is 1. The lowest BCUT2D eigenvalue weighted by Gasteiger charge is -2.12. The molecular weight excluding hydrogens is 392 g/mol. The number of benzene rings is 1. The van der Waals surface area contributed by atoms with E-state index in [0.717, 1.165) is 18.4 Å². The second-order valence-electron chi connectivity index (χ2n) is 6.86. The fraction of sp³-hybridized carbons (Fsp3) is 0.429. The summed E-state index contributed by atoms with van der Waals surface area (Å²) in [4.78, 5) is 15.7. The lowest BCUT2D eigenvalue weighted by molar-refractivity contribution is -0.142. The summed E-state index contributed by atoms with van der Waals surface area (Å²) in [5, 5.41) is 9.41. The first kappa shape index (κ1) is 22.8. The maximum Gasteiger partial charge on any atom is 0.306 e. The van der Waals surface area contributed by atoms with Crippen LogP contribution in [0, 0.1) is 5.92 Å². The largest absolute Gasteiger partial charge is 0.497 e. The molecule has 0 radical (unpaired) electrons. The number of pyridine rings is 1. The van der Waals surface area contributed by atoms with Crippen LogP contribution in [0.4, 0.5) is 0 Å². The van der Waals surface area contributed by atoms with Crippen molar-refractivity contribution in [3.05, 3.63) is 54.4 Å². The van der Waals surface area contributed by atoms with Crippen LogP contribution in [0.1, 0.15) is 37.7 Å². The van der Waals surface area contributed by atoms with Crippen LogP contribution in [0.5, 0.6) is 5.75 Å². The van der Waals surface area contributed by atoms with Crippen molar-refractivity contribution in [2.75, 3.05) is 13.7 Å². The molecule has 1 unspecified atom stereocenters. The number of carboxylic acids is 1. The summed E-state index contributed by atoms with van der Waals surface area (Å²) in [5.41, 5.74) is 1.10. The van der Waals surface area contributed by atoms with E-state index >= 15 is 0 Å². The zero-order valence-electron chi connectivity index (χ0n) is 16.6. The Kier molecular flexibility index (Phi) is 9.08. The van der Waals surface area contributed by atoms with Crippen molar-refractivity contribution >= 4 is 16.0 Å². The molecule has 0 aliphatic heterocycles. The zero-order chi connectivity index (χ0) is 21.1. The van der Waals surface area contributed by atoms with Crippen molar-refractivity contribution in [1.82, 2.24) is 9.71 Å². The molecule has 2 N–H and O–H groups in total. The Morgan fingerprint density at radius 3 is 2.48 bits per heavy atom. The van der Waals surface area contributed by atoms with E-state index in [0.29, 0.717) is 31.4 Å². The van der Waals surface area contributed by atoms with Crippen molar-refractivity contribution in [2.24, 2.45) is 5.92 Å². The molecule has 29 heavy (non-hydrogen) atoms. The van der Waals surface area contributed by atoms with Crippen LogP contribution in [-0.4, -0.2) is 38.1 Å². The van der Waals surface area contributed by atoms with Gasteiger partial charge in [0.1, 0.15) is 5.75 Å². The number of nitrogens with zero attached hydrogens (tertiary/aromatic N) is 1. The first-order valence-electron chi connectivity index (χ1n) is 9.68. The maximum atomic E-state index is 12.3. The number of hydrogen-bond acceptors (Lipinski definition) is 5. The summed E-state index contributed by atoms with van der Waals surface area (Å²) >= 11 is 0. The average Bonchev–Trinajstić information content (AvgIpc) is 2.72. The SMILES string of the molecule is COc1ccc(S(=O)(=O)NCCCCC(CCCc2cccnc2)C(=O)O)cc1. The number of unbranched alkanes of at least 4 members (excludes halogenated alkanes) is 1. The maximum absolute atomic E-state index is 12.3. The van der Waals surface area contributed by atoms with E-state index in [9.17, 15) is 18.3 Å². The molecule has 1 aromatic heterocycles. The van der Waals surface area contributed by atoms with Gasteiger partial charge in [-0.2, -0.15) is 0 Å². The summed E-state index contributed by atoms with van der Waals surface area (Å²) in [6.07, 6.45) is 7.47. The van der Waals surface area contributed by atoms with Gasteiger partial charge in [-0.3, -0.25) is 9.78 Å². The number of nitrogens with one attached hydrogen (secondary N) is 1. The lowest BCUT2D eigenvalue weighted by atomic mass is 9.95. The number of aliphatic carboxylic acids is 1. The molecular formula is C21H28N2O5S. The van der Waals surface area contributed by atoms with E-state index in [1.165, 1.54) is 19.2 Å². The molecule has 0 spiro atoms. The van der Waals surface area contributed by atoms with Crippen molar-refractivity contribution < 1.29 is 23.1 Å². The third-order valence-corrected chi connectivity index (χ3v) is 6.21. The predicted octanol–water partition coefficient (Wildman–Crippen LogP) is 3.26. The smallest absolute Gasteiger partial charge is 0.306 e. The van der Waals surface area contributed by atoms with Crippen LogP contribution in [0.15, 0.2) is 53.7 Å². The van der Waals surface area contributed by atoms with Crippen molar-refractivity contribution in [1.29, 1.82) is 0 Å². The van der Waals surface area contributed by atoms with E-state index in [1.807, 2.05) is 12.1 Å². The van der Waals surface area contributed by atoms with Crippen LogP contribution in [0.3, 0.4) is 0 Å². The fourth-order valence-electron chi connectivity index (χ4n) is 3.05. The number of aryl methyl sites for hydroxylation is 1. The molecule has 2 rings (SSSR count). The van der Waals surface area contributed by atoms with Gasteiger partial charge in [-0.15, -0.1) is 0 Å². The molecule has 0 fully saturated rings. The highest BCUT2D eigenvalue weighted by atomic mass is 32.2. The van der Waals surface area contributed by atoms with Crippen molar-refractivity contribution in [2.45, 2.75) is 43.4 Å². The normalized spacial score (nSPS) is 12.4. The number of carbonyl (C=O) groups is 1. The first-order chi connectivity index (χ1) is 13.9. The molecule has 0 aliphatic rings. The van der Waals surface area contributed by atoms with Crippen LogP contribution in [0.2, 0.25) is 0 Å². The van der Waals surface area contributed by atoms with Gasteiger partial charge in [0.25, 0.3) is 0 Å². The average molecular weight is 421 g/mol. The highest BCUT2D eigenvalue weighted by Gasteiger charge is 2.17. The van der Waals surface area contributed by atoms with E-state index in [2.05, 4.69) is 9.71 Å². The molecule has 158 valence electrons. The zero-order valence-corrected chi connectivity index (χ0v) is 17.4. The van der Waals surface area contributed by atoms with Crippen molar-refractivity contribution in [3.63, 3.8) is 0 Å². The Bertz CT molecular complexity index is 854. The van der Waals surface area contributed by atoms with E-state index in [-0.39, 0.29) is 11.4 Å². The van der Waals surface area contributed by atoms with E-state index < -0.39 is 21.9 Å². The Morgan fingerprint density at radius 2 is 1.86 bits per heavy atom. The second kappa shape index (κ2) is 11.5. The highest BCUT2D eigenvalue weighted by molar-refractivity contribution is 7.89. The summed E-state index contributed by atoms with van der Waals surface area (Å²) in [6.45, 7) is 0.274. The number of hydrogen-bond donors (Lipinski definition) is 2. The summed E-state index contributed by atoms with van der Waals surface area (Å²) in [7, 11) is -2.06. The van der Waals surface area contributed by atoms with E-state index in [4.69, 9.17) is 4.74 Å². The van der Waals surface area contributed by atoms with Gasteiger partial charge in [-0.1, -0.05) is 12.5 Å². The second-order valence-corrected chi connectivity index (χ2v) is 8.62. The van der Waals surface area contributed by atoms with Gasteiger partial charge >= 0.3 is 5.97 Å². The topological polar surface area (TPSA) is 106 Å². The minimum Gasteiger partial charge on any atom is -0.497 e. The van der Waals surface area contributed by atoms with Gasteiger partial charge in [0.05, 0.1) is 17.9 Å². The Balaban J connectivity index is 1.70. The lowest BCUT2D eigenvalue weighted by Crippen LogP contribution is -2.25. The molecule has 0 aliphatic carbocycles. The quantitative estimate of drug-likeness (QED) is 0.482. The Labute approximate surface area is 172 Å². The number of carboxylic acid groups (broad SMARTS) is 1. The van der Waals surface area contributed by atoms with Crippen LogP contribution >= 0.6 is 0 Å². The standard InChI is InChI=1S/C21H28N2O5S/c1-28-19-10-12-20(13-11-19)29(26,27)23-15-3-2-8-18(21(24)25)9-4-6-17-7-5-14-22-16-17/h5,7,10-14,16,18,23H,2-4,6,8-9,15H2,1H3,(H,24,25). The van der Waals surface area contributed by atoms with Crippen LogP contribution in [-0.2, 0) is 21.2 Å². The molecule has 0 bridgehead atoms. The van der Waals surface area contributed by atoms with Gasteiger partial charge < -0.3 is 9.84 Å². The van der Waals surface area contributed by atoms with Crippen LogP contribution < -0.4 is 9.46 Å². The number of aromatic nitrogens is 1. The monoisotopic (exact) mass is 420 g/mol. The minimum absolute atomic E-state index is 0.178. The van der Waals surface area contributed by atoms with Crippen molar-refractivity contribution in [3.8, 4) is 5.75 Å². The molecule has 1 aromatic carbocycles. The molecule has 8 heteroatoms. The van der Waals surface area contributed by atoms with Gasteiger partial charge in [0.15, 0.2) is 0 Å². The minimum atomic E-state index is -3.57. The summed E-state index contributed by atoms with van der Waals surface area (Å²) in [6, 6.07) is 10.0. The Hall–Kier alpha value is -2.45. The molecule has 0 amide bonds. The third kappa shape index (κ3) is 7.83.